The van der Waals surface area contributed by atoms with E-state index >= 15 is 0 Å². The van der Waals surface area contributed by atoms with E-state index in [9.17, 15) is 4.79 Å². The normalized spacial score (nSPS) is 16.4. The number of hydrogen-bond acceptors (Lipinski definition) is 7. The maximum Gasteiger partial charge on any atom is 0.236 e. The van der Waals surface area contributed by atoms with E-state index in [0.717, 1.165) is 44.2 Å². The summed E-state index contributed by atoms with van der Waals surface area (Å²) in [6, 6.07) is 7.89. The lowest BCUT2D eigenvalue weighted by atomic mass is 9.89. The molecule has 0 radical (unpaired) electrons. The number of amides is 1. The zero-order chi connectivity index (χ0) is 19.1. The van der Waals surface area contributed by atoms with Gasteiger partial charge in [-0.3, -0.25) is 4.79 Å². The Morgan fingerprint density at radius 3 is 3.07 bits per heavy atom. The average Bonchev–Trinajstić information content (AvgIpc) is 3.26. The van der Waals surface area contributed by atoms with Crippen LogP contribution in [0.5, 0.6) is 0 Å². The lowest BCUT2D eigenvalue weighted by Gasteiger charge is -2.18. The standard InChI is InChI=1S/C20H18N4OS3/c1-11-6-7-12-15(8-11)27-19-17(12)18(21-10-22-19)26-9-16(25)24-20-23-13-4-2-3-5-14(13)28-20/h2-5,10-11H,6-9H2,1H3,(H,23,24,25)/t11-/m1/s1. The number of hydrogen-bond donors (Lipinski definition) is 1. The minimum absolute atomic E-state index is 0.0615. The number of anilines is 1. The Bertz CT molecular complexity index is 1150. The molecule has 5 nitrogen and oxygen atoms in total. The Morgan fingerprint density at radius 2 is 2.18 bits per heavy atom. The maximum absolute atomic E-state index is 12.5. The van der Waals surface area contributed by atoms with Gasteiger partial charge in [-0.25, -0.2) is 15.0 Å². The van der Waals surface area contributed by atoms with Crippen molar-refractivity contribution in [3.8, 4) is 0 Å². The van der Waals surface area contributed by atoms with Gasteiger partial charge in [0.25, 0.3) is 0 Å². The molecule has 1 atom stereocenters. The monoisotopic (exact) mass is 426 g/mol. The molecule has 1 N–H and O–H groups in total. The van der Waals surface area contributed by atoms with E-state index in [-0.39, 0.29) is 5.91 Å². The molecule has 0 fully saturated rings. The van der Waals surface area contributed by atoms with Crippen molar-refractivity contribution >= 4 is 65.9 Å². The molecule has 0 spiro atoms. The molecule has 8 heteroatoms. The topological polar surface area (TPSA) is 67.8 Å². The number of thiophene rings is 1. The molecule has 142 valence electrons. The number of carbonyl (C=O) groups is 1. The summed E-state index contributed by atoms with van der Waals surface area (Å²) < 4.78 is 1.07. The number of nitrogens with one attached hydrogen (secondary N) is 1. The van der Waals surface area contributed by atoms with Crippen LogP contribution in [-0.2, 0) is 17.6 Å². The van der Waals surface area contributed by atoms with Gasteiger partial charge < -0.3 is 5.32 Å². The highest BCUT2D eigenvalue weighted by atomic mass is 32.2. The molecular formula is C20H18N4OS3. The fraction of sp³-hybridized carbons (Fsp3) is 0.300. The Morgan fingerprint density at radius 1 is 1.29 bits per heavy atom. The summed E-state index contributed by atoms with van der Waals surface area (Å²) in [6.45, 7) is 2.31. The smallest absolute Gasteiger partial charge is 0.236 e. The number of benzene rings is 1. The van der Waals surface area contributed by atoms with Gasteiger partial charge >= 0.3 is 0 Å². The van der Waals surface area contributed by atoms with Gasteiger partial charge in [0.05, 0.1) is 16.0 Å². The Balaban J connectivity index is 1.33. The summed E-state index contributed by atoms with van der Waals surface area (Å²) in [4.78, 5) is 28.4. The average molecular weight is 427 g/mol. The van der Waals surface area contributed by atoms with Crippen molar-refractivity contribution in [1.29, 1.82) is 0 Å². The van der Waals surface area contributed by atoms with Gasteiger partial charge in [-0.05, 0) is 42.9 Å². The predicted molar refractivity (Wildman–Crippen MR) is 118 cm³/mol. The molecule has 3 aromatic heterocycles. The first-order valence-corrected chi connectivity index (χ1v) is 11.8. The zero-order valence-corrected chi connectivity index (χ0v) is 17.7. The highest BCUT2D eigenvalue weighted by molar-refractivity contribution is 8.00. The molecule has 1 aliphatic rings. The minimum atomic E-state index is -0.0615. The van der Waals surface area contributed by atoms with Crippen LogP contribution in [0.1, 0.15) is 23.8 Å². The Labute approximate surface area is 174 Å². The first-order valence-electron chi connectivity index (χ1n) is 9.21. The van der Waals surface area contributed by atoms with Crippen molar-refractivity contribution in [2.75, 3.05) is 11.1 Å². The maximum atomic E-state index is 12.5. The quantitative estimate of drug-likeness (QED) is 0.361. The van der Waals surface area contributed by atoms with Gasteiger partial charge in [0.1, 0.15) is 16.2 Å². The predicted octanol–water partition coefficient (Wildman–Crippen LogP) is 5.16. The summed E-state index contributed by atoms with van der Waals surface area (Å²) in [5, 5.41) is 5.63. The third kappa shape index (κ3) is 3.40. The second-order valence-corrected chi connectivity index (χ2v) is 10.1. The van der Waals surface area contributed by atoms with E-state index in [0.29, 0.717) is 10.9 Å². The van der Waals surface area contributed by atoms with E-state index in [4.69, 9.17) is 0 Å². The number of thioether (sulfide) groups is 1. The third-order valence-electron chi connectivity index (χ3n) is 4.94. The van der Waals surface area contributed by atoms with Gasteiger partial charge in [0, 0.05) is 10.3 Å². The first-order chi connectivity index (χ1) is 13.7. The molecule has 0 bridgehead atoms. The Kier molecular flexibility index (Phi) is 4.78. The van der Waals surface area contributed by atoms with Gasteiger partial charge in [-0.15, -0.1) is 11.3 Å². The van der Waals surface area contributed by atoms with Gasteiger partial charge in [0.15, 0.2) is 5.13 Å². The van der Waals surface area contributed by atoms with E-state index < -0.39 is 0 Å². The molecule has 3 heterocycles. The fourth-order valence-corrected chi connectivity index (χ4v) is 6.69. The van der Waals surface area contributed by atoms with E-state index in [1.807, 2.05) is 24.3 Å². The van der Waals surface area contributed by atoms with Crippen molar-refractivity contribution in [1.82, 2.24) is 15.0 Å². The number of carbonyl (C=O) groups excluding carboxylic acids is 1. The van der Waals surface area contributed by atoms with Crippen molar-refractivity contribution in [3.63, 3.8) is 0 Å². The van der Waals surface area contributed by atoms with Crippen molar-refractivity contribution in [2.45, 2.75) is 31.2 Å². The number of aromatic nitrogens is 3. The molecule has 0 aliphatic heterocycles. The second-order valence-electron chi connectivity index (χ2n) is 7.03. The van der Waals surface area contributed by atoms with E-state index in [1.54, 1.807) is 17.7 Å². The second kappa shape index (κ2) is 7.42. The fourth-order valence-electron chi connectivity index (χ4n) is 3.57. The van der Waals surface area contributed by atoms with Crippen molar-refractivity contribution in [3.05, 3.63) is 41.0 Å². The number of fused-ring (bicyclic) bond motifs is 4. The highest BCUT2D eigenvalue weighted by Crippen LogP contribution is 2.40. The molecule has 0 saturated heterocycles. The zero-order valence-electron chi connectivity index (χ0n) is 15.3. The first kappa shape index (κ1) is 18.0. The minimum Gasteiger partial charge on any atom is -0.301 e. The van der Waals surface area contributed by atoms with Crippen molar-refractivity contribution in [2.24, 2.45) is 5.92 Å². The van der Waals surface area contributed by atoms with Crippen LogP contribution in [0.2, 0.25) is 0 Å². The van der Waals surface area contributed by atoms with Gasteiger partial charge in [-0.1, -0.05) is 42.2 Å². The molecule has 4 aromatic rings. The van der Waals surface area contributed by atoms with Crippen LogP contribution in [0.4, 0.5) is 5.13 Å². The number of thiazole rings is 1. The molecule has 0 saturated carbocycles. The largest absolute Gasteiger partial charge is 0.301 e. The molecule has 1 amide bonds. The molecule has 5 rings (SSSR count). The SMILES string of the molecule is C[C@@H]1CCc2c(sc3ncnc(SCC(=O)Nc4nc5ccccc5s4)c23)C1. The summed E-state index contributed by atoms with van der Waals surface area (Å²) in [6.07, 6.45) is 5.02. The highest BCUT2D eigenvalue weighted by Gasteiger charge is 2.23. The number of aryl methyl sites for hydroxylation is 1. The molecule has 0 unspecified atom stereocenters. The lowest BCUT2D eigenvalue weighted by Crippen LogP contribution is -2.14. The van der Waals surface area contributed by atoms with Gasteiger partial charge in [0.2, 0.25) is 5.91 Å². The summed E-state index contributed by atoms with van der Waals surface area (Å²) in [5.41, 5.74) is 2.31. The third-order valence-corrected chi connectivity index (χ3v) is 8.04. The van der Waals surface area contributed by atoms with Crippen LogP contribution in [0.25, 0.3) is 20.4 Å². The van der Waals surface area contributed by atoms with Crippen LogP contribution in [0.15, 0.2) is 35.6 Å². The van der Waals surface area contributed by atoms with E-state index in [2.05, 4.69) is 27.2 Å². The Hall–Kier alpha value is -2.03. The van der Waals surface area contributed by atoms with Crippen LogP contribution < -0.4 is 5.32 Å². The molecule has 28 heavy (non-hydrogen) atoms. The van der Waals surface area contributed by atoms with Crippen LogP contribution in [0, 0.1) is 5.92 Å². The lowest BCUT2D eigenvalue weighted by molar-refractivity contribution is -0.113. The summed E-state index contributed by atoms with van der Waals surface area (Å²) in [5.74, 6) is 0.973. The van der Waals surface area contributed by atoms with Gasteiger partial charge in [-0.2, -0.15) is 0 Å². The van der Waals surface area contributed by atoms with Crippen molar-refractivity contribution < 1.29 is 4.79 Å². The summed E-state index contributed by atoms with van der Waals surface area (Å²) in [7, 11) is 0. The number of rotatable bonds is 4. The van der Waals surface area contributed by atoms with Crippen LogP contribution >= 0.6 is 34.4 Å². The molecule has 1 aliphatic carbocycles. The number of nitrogens with zero attached hydrogens (tertiary/aromatic N) is 3. The summed E-state index contributed by atoms with van der Waals surface area (Å²) >= 11 is 4.76. The molecule has 1 aromatic carbocycles. The van der Waals surface area contributed by atoms with Crippen LogP contribution in [-0.4, -0.2) is 26.6 Å². The van der Waals surface area contributed by atoms with Crippen LogP contribution in [0.3, 0.4) is 0 Å². The number of para-hydroxylation sites is 1. The molecular weight excluding hydrogens is 408 g/mol. The van der Waals surface area contributed by atoms with E-state index in [1.165, 1.54) is 40.0 Å².